The van der Waals surface area contributed by atoms with Gasteiger partial charge in [-0.2, -0.15) is 0 Å². The van der Waals surface area contributed by atoms with Gasteiger partial charge in [-0.15, -0.1) is 0 Å². The first-order valence-corrected chi connectivity index (χ1v) is 26.0. The minimum Gasteiger partial charge on any atom is -0.462 e. The molecule has 0 heterocycles. The molecule has 0 N–H and O–H groups in total. The molecule has 0 radical (unpaired) electrons. The van der Waals surface area contributed by atoms with E-state index in [-0.39, 0.29) is 37.5 Å². The maximum atomic E-state index is 12.8. The van der Waals surface area contributed by atoms with Crippen LogP contribution in [0.4, 0.5) is 0 Å². The van der Waals surface area contributed by atoms with Crippen molar-refractivity contribution in [3.8, 4) is 0 Å². The summed E-state index contributed by atoms with van der Waals surface area (Å²) >= 11 is 0. The fourth-order valence-corrected chi connectivity index (χ4v) is 6.69. The normalized spacial score (nSPS) is 13.0. The lowest BCUT2D eigenvalue weighted by atomic mass is 10.1. The molecule has 0 aliphatic carbocycles. The zero-order chi connectivity index (χ0) is 46.5. The number of carbonyl (C=O) groups is 3. The predicted octanol–water partition coefficient (Wildman–Crippen LogP) is 17.1. The van der Waals surface area contributed by atoms with E-state index in [1.165, 1.54) is 77.0 Å². The highest BCUT2D eigenvalue weighted by Gasteiger charge is 2.19. The Bertz CT molecular complexity index is 1340. The molecule has 0 bridgehead atoms. The molecule has 1 unspecified atom stereocenters. The summed E-state index contributed by atoms with van der Waals surface area (Å²) in [6.07, 6.45) is 69.3. The molecule has 0 saturated heterocycles. The summed E-state index contributed by atoms with van der Waals surface area (Å²) in [6, 6.07) is 0. The number of rotatable bonds is 45. The second kappa shape index (κ2) is 51.7. The number of allylic oxidation sites excluding steroid dienone is 18. The lowest BCUT2D eigenvalue weighted by Crippen LogP contribution is -2.30. The quantitative estimate of drug-likeness (QED) is 0.0199. The van der Waals surface area contributed by atoms with Gasteiger partial charge < -0.3 is 14.2 Å². The van der Waals surface area contributed by atoms with Crippen molar-refractivity contribution in [3.05, 3.63) is 109 Å². The smallest absolute Gasteiger partial charge is 0.306 e. The van der Waals surface area contributed by atoms with Crippen molar-refractivity contribution in [2.45, 2.75) is 226 Å². The third-order valence-electron chi connectivity index (χ3n) is 10.6. The maximum Gasteiger partial charge on any atom is 0.306 e. The van der Waals surface area contributed by atoms with E-state index in [4.69, 9.17) is 14.2 Å². The number of hydrogen-bond donors (Lipinski definition) is 0. The standard InChI is InChI=1S/C58H94O6/c1-4-7-10-13-16-19-22-25-27-28-29-31-33-36-39-42-45-48-51-57(60)63-54-55(53-62-56(59)50-47-44-41-38-35-32-24-21-18-15-12-9-6-3)64-58(61)52-49-46-43-40-37-34-30-26-23-20-17-14-11-8-5-2/h10,13,16-17,19-20,22-23,25-29,31-32,35,41,44,55H,4-9,11-12,14-15,18,21,24,30,33-34,36-40,42-43,45-54H2,1-3H3/b13-10-,19-16-,20-17-,25-22-,26-23-,28-27-,31-29-,35-32-,44-41-. The van der Waals surface area contributed by atoms with Gasteiger partial charge in [0.25, 0.3) is 0 Å². The van der Waals surface area contributed by atoms with Crippen molar-refractivity contribution in [1.82, 2.24) is 0 Å². The van der Waals surface area contributed by atoms with E-state index >= 15 is 0 Å². The van der Waals surface area contributed by atoms with Crippen molar-refractivity contribution < 1.29 is 28.6 Å². The number of hydrogen-bond acceptors (Lipinski definition) is 6. The van der Waals surface area contributed by atoms with Crippen molar-refractivity contribution in [2.24, 2.45) is 0 Å². The summed E-state index contributed by atoms with van der Waals surface area (Å²) in [7, 11) is 0. The third kappa shape index (κ3) is 49.1. The van der Waals surface area contributed by atoms with E-state index in [0.717, 1.165) is 96.3 Å². The van der Waals surface area contributed by atoms with Crippen LogP contribution in [0.1, 0.15) is 220 Å². The van der Waals surface area contributed by atoms with Crippen molar-refractivity contribution in [2.75, 3.05) is 13.2 Å². The van der Waals surface area contributed by atoms with Gasteiger partial charge in [-0.1, -0.05) is 226 Å². The number of unbranched alkanes of at least 4 members (excludes halogenated alkanes) is 21. The van der Waals surface area contributed by atoms with Crippen LogP contribution in [0.2, 0.25) is 0 Å². The van der Waals surface area contributed by atoms with E-state index in [1.807, 2.05) is 42.5 Å². The summed E-state index contributed by atoms with van der Waals surface area (Å²) < 4.78 is 16.7. The Labute approximate surface area is 393 Å². The van der Waals surface area contributed by atoms with E-state index in [1.54, 1.807) is 0 Å². The first-order valence-electron chi connectivity index (χ1n) is 26.0. The number of esters is 3. The minimum absolute atomic E-state index is 0.115. The first kappa shape index (κ1) is 60.1. The average molecular weight is 887 g/mol. The van der Waals surface area contributed by atoms with Gasteiger partial charge in [0.15, 0.2) is 6.10 Å². The lowest BCUT2D eigenvalue weighted by molar-refractivity contribution is -0.166. The molecular weight excluding hydrogens is 793 g/mol. The molecule has 0 aromatic rings. The zero-order valence-electron chi connectivity index (χ0n) is 41.3. The fraction of sp³-hybridized carbons (Fsp3) is 0.638. The van der Waals surface area contributed by atoms with E-state index < -0.39 is 6.10 Å². The molecule has 0 spiro atoms. The molecule has 0 fully saturated rings. The van der Waals surface area contributed by atoms with Crippen LogP contribution < -0.4 is 0 Å². The second-order valence-electron chi connectivity index (χ2n) is 16.9. The number of carbonyl (C=O) groups excluding carboxylic acids is 3. The molecule has 1 atom stereocenters. The molecule has 362 valence electrons. The molecule has 0 aromatic heterocycles. The van der Waals surface area contributed by atoms with Crippen molar-refractivity contribution >= 4 is 17.9 Å². The van der Waals surface area contributed by atoms with Crippen LogP contribution >= 0.6 is 0 Å². The van der Waals surface area contributed by atoms with Crippen LogP contribution in [-0.4, -0.2) is 37.2 Å². The summed E-state index contributed by atoms with van der Waals surface area (Å²) in [6.45, 7) is 6.41. The van der Waals surface area contributed by atoms with Crippen LogP contribution in [0.25, 0.3) is 0 Å². The maximum absolute atomic E-state index is 12.8. The zero-order valence-corrected chi connectivity index (χ0v) is 41.3. The van der Waals surface area contributed by atoms with Gasteiger partial charge in [-0.25, -0.2) is 0 Å². The van der Waals surface area contributed by atoms with Gasteiger partial charge in [0.1, 0.15) is 13.2 Å². The molecule has 0 saturated carbocycles. The van der Waals surface area contributed by atoms with Crippen LogP contribution in [-0.2, 0) is 28.6 Å². The van der Waals surface area contributed by atoms with Gasteiger partial charge >= 0.3 is 17.9 Å². The molecule has 0 aromatic carbocycles. The highest BCUT2D eigenvalue weighted by molar-refractivity contribution is 5.71. The van der Waals surface area contributed by atoms with Gasteiger partial charge in [0.05, 0.1) is 0 Å². The Morgan fingerprint density at radius 1 is 0.328 bits per heavy atom. The molecule has 64 heavy (non-hydrogen) atoms. The van der Waals surface area contributed by atoms with E-state index in [9.17, 15) is 14.4 Å². The van der Waals surface area contributed by atoms with Crippen LogP contribution in [0.5, 0.6) is 0 Å². The Hall–Kier alpha value is -3.93. The minimum atomic E-state index is -0.819. The van der Waals surface area contributed by atoms with Gasteiger partial charge in [-0.3, -0.25) is 14.4 Å². The topological polar surface area (TPSA) is 78.9 Å². The van der Waals surface area contributed by atoms with Gasteiger partial charge in [-0.05, 0) is 83.5 Å². The third-order valence-corrected chi connectivity index (χ3v) is 10.6. The van der Waals surface area contributed by atoms with Crippen LogP contribution in [0.3, 0.4) is 0 Å². The summed E-state index contributed by atoms with van der Waals surface area (Å²) in [5.74, 6) is -1.03. The molecule has 6 heteroatoms. The van der Waals surface area contributed by atoms with E-state index in [2.05, 4.69) is 87.6 Å². The van der Waals surface area contributed by atoms with Crippen molar-refractivity contribution in [3.63, 3.8) is 0 Å². The fourth-order valence-electron chi connectivity index (χ4n) is 6.69. The summed E-state index contributed by atoms with van der Waals surface area (Å²) in [5, 5.41) is 0. The Morgan fingerprint density at radius 3 is 1.20 bits per heavy atom. The SMILES string of the molecule is CCC\C=C/C=C\C=C/C=C\C=C/CCCCCCCC(=O)OCC(COC(=O)CC/C=C\C/C=C\CCCCCCCC)OC(=O)CCCCCCCC/C=C\C=C/CCCCC. The first-order chi connectivity index (χ1) is 31.5. The Morgan fingerprint density at radius 2 is 0.688 bits per heavy atom. The van der Waals surface area contributed by atoms with E-state index in [0.29, 0.717) is 19.3 Å². The second-order valence-corrected chi connectivity index (χ2v) is 16.9. The molecule has 6 nitrogen and oxygen atoms in total. The molecule has 0 aliphatic rings. The predicted molar refractivity (Wildman–Crippen MR) is 274 cm³/mol. The van der Waals surface area contributed by atoms with Crippen LogP contribution in [0, 0.1) is 0 Å². The lowest BCUT2D eigenvalue weighted by Gasteiger charge is -2.18. The van der Waals surface area contributed by atoms with Crippen molar-refractivity contribution in [1.29, 1.82) is 0 Å². The highest BCUT2D eigenvalue weighted by atomic mass is 16.6. The van der Waals surface area contributed by atoms with Gasteiger partial charge in [0.2, 0.25) is 0 Å². The summed E-state index contributed by atoms with van der Waals surface area (Å²) in [4.78, 5) is 38.0. The molecule has 0 rings (SSSR count). The average Bonchev–Trinajstić information content (AvgIpc) is 3.29. The largest absolute Gasteiger partial charge is 0.462 e. The molecular formula is C58H94O6. The Balaban J connectivity index is 4.54. The number of ether oxygens (including phenoxy) is 3. The van der Waals surface area contributed by atoms with Crippen LogP contribution in [0.15, 0.2) is 109 Å². The summed E-state index contributed by atoms with van der Waals surface area (Å²) in [5.41, 5.74) is 0. The monoisotopic (exact) mass is 887 g/mol. The van der Waals surface area contributed by atoms with Gasteiger partial charge in [0, 0.05) is 19.3 Å². The molecule has 0 amide bonds. The Kier molecular flexibility index (Phi) is 48.5. The molecule has 0 aliphatic heterocycles. The highest BCUT2D eigenvalue weighted by Crippen LogP contribution is 2.13.